The number of alkyl halides is 1. The monoisotopic (exact) mass is 266 g/mol. The van der Waals surface area contributed by atoms with Crippen LogP contribution >= 0.6 is 11.6 Å². The molecule has 0 bridgehead atoms. The Morgan fingerprint density at radius 1 is 1.39 bits per heavy atom. The summed E-state index contributed by atoms with van der Waals surface area (Å²) in [5.74, 6) is 2.41. The number of pyridine rings is 1. The van der Waals surface area contributed by atoms with Gasteiger partial charge in [0.15, 0.2) is 0 Å². The van der Waals surface area contributed by atoms with Crippen LogP contribution in [-0.4, -0.2) is 18.1 Å². The summed E-state index contributed by atoms with van der Waals surface area (Å²) in [5.41, 5.74) is 2.33. The molecule has 0 N–H and O–H groups in total. The Labute approximate surface area is 115 Å². The fourth-order valence-electron chi connectivity index (χ4n) is 3.10. The number of nitrogens with zero attached hydrogens (tertiary/aromatic N) is 2. The second-order valence-electron chi connectivity index (χ2n) is 5.56. The van der Waals surface area contributed by atoms with E-state index in [0.29, 0.717) is 11.9 Å². The highest BCUT2D eigenvalue weighted by atomic mass is 35.5. The summed E-state index contributed by atoms with van der Waals surface area (Å²) < 4.78 is 0. The third kappa shape index (κ3) is 2.80. The molecule has 0 aliphatic heterocycles. The van der Waals surface area contributed by atoms with Gasteiger partial charge < -0.3 is 4.90 Å². The molecule has 1 saturated carbocycles. The molecule has 3 heteroatoms. The molecule has 2 rings (SSSR count). The first-order valence-corrected chi connectivity index (χ1v) is 7.41. The zero-order valence-corrected chi connectivity index (χ0v) is 12.4. The smallest absolute Gasteiger partial charge is 0.131 e. The van der Waals surface area contributed by atoms with Crippen molar-refractivity contribution in [3.8, 4) is 0 Å². The van der Waals surface area contributed by atoms with E-state index in [2.05, 4.69) is 36.8 Å². The molecule has 1 fully saturated rings. The number of rotatable bonds is 3. The average molecular weight is 267 g/mol. The quantitative estimate of drug-likeness (QED) is 0.765. The second-order valence-corrected chi connectivity index (χ2v) is 5.82. The van der Waals surface area contributed by atoms with Crippen molar-refractivity contribution in [2.45, 2.75) is 51.5 Å². The number of anilines is 1. The van der Waals surface area contributed by atoms with Crippen LogP contribution in [0.4, 0.5) is 5.82 Å². The summed E-state index contributed by atoms with van der Waals surface area (Å²) in [7, 11) is 2.18. The maximum atomic E-state index is 5.85. The molecule has 2 unspecified atom stereocenters. The Bertz CT molecular complexity index is 405. The van der Waals surface area contributed by atoms with E-state index >= 15 is 0 Å². The van der Waals surface area contributed by atoms with E-state index in [1.807, 2.05) is 6.20 Å². The summed E-state index contributed by atoms with van der Waals surface area (Å²) in [4.78, 5) is 6.97. The summed E-state index contributed by atoms with van der Waals surface area (Å²) in [5, 5.41) is 0. The molecular formula is C15H23ClN2. The van der Waals surface area contributed by atoms with Gasteiger partial charge in [-0.15, -0.1) is 11.6 Å². The first-order valence-electron chi connectivity index (χ1n) is 6.87. The fraction of sp³-hybridized carbons (Fsp3) is 0.667. The number of halogens is 1. The van der Waals surface area contributed by atoms with E-state index in [1.165, 1.54) is 31.2 Å². The largest absolute Gasteiger partial charge is 0.356 e. The molecule has 100 valence electrons. The van der Waals surface area contributed by atoms with Crippen LogP contribution in [0.25, 0.3) is 0 Å². The minimum Gasteiger partial charge on any atom is -0.356 e. The molecule has 0 aromatic carbocycles. The molecule has 0 saturated heterocycles. The van der Waals surface area contributed by atoms with E-state index in [0.717, 1.165) is 17.3 Å². The second kappa shape index (κ2) is 5.92. The first-order chi connectivity index (χ1) is 8.63. The lowest BCUT2D eigenvalue weighted by Gasteiger charge is -2.37. The van der Waals surface area contributed by atoms with Crippen LogP contribution in [0.3, 0.4) is 0 Å². The van der Waals surface area contributed by atoms with E-state index in [9.17, 15) is 0 Å². The highest BCUT2D eigenvalue weighted by molar-refractivity contribution is 6.17. The maximum absolute atomic E-state index is 5.85. The highest BCUT2D eigenvalue weighted by Crippen LogP contribution is 2.31. The summed E-state index contributed by atoms with van der Waals surface area (Å²) >= 11 is 5.85. The number of aromatic nitrogens is 1. The lowest BCUT2D eigenvalue weighted by atomic mass is 9.85. The molecule has 1 aliphatic carbocycles. The molecule has 0 radical (unpaired) electrons. The van der Waals surface area contributed by atoms with Gasteiger partial charge in [-0.2, -0.15) is 0 Å². The topological polar surface area (TPSA) is 16.1 Å². The Kier molecular flexibility index (Phi) is 4.50. The Balaban J connectivity index is 2.19. The maximum Gasteiger partial charge on any atom is 0.131 e. The predicted molar refractivity (Wildman–Crippen MR) is 78.4 cm³/mol. The van der Waals surface area contributed by atoms with E-state index in [-0.39, 0.29) is 0 Å². The Hall–Kier alpha value is -0.760. The molecule has 1 aliphatic rings. The molecule has 1 aromatic rings. The van der Waals surface area contributed by atoms with Crippen molar-refractivity contribution < 1.29 is 0 Å². The summed E-state index contributed by atoms with van der Waals surface area (Å²) in [6.45, 7) is 4.49. The van der Waals surface area contributed by atoms with Crippen molar-refractivity contribution in [3.05, 3.63) is 23.4 Å². The van der Waals surface area contributed by atoms with Crippen LogP contribution in [0.15, 0.2) is 12.3 Å². The predicted octanol–water partition coefficient (Wildman–Crippen LogP) is 4.14. The average Bonchev–Trinajstić information content (AvgIpc) is 2.38. The van der Waals surface area contributed by atoms with Crippen molar-refractivity contribution in [3.63, 3.8) is 0 Å². The third-order valence-electron chi connectivity index (χ3n) is 4.16. The first kappa shape index (κ1) is 13.7. The molecule has 1 heterocycles. The van der Waals surface area contributed by atoms with Crippen molar-refractivity contribution in [2.75, 3.05) is 11.9 Å². The van der Waals surface area contributed by atoms with Gasteiger partial charge in [0.05, 0.1) is 0 Å². The van der Waals surface area contributed by atoms with Crippen LogP contribution in [0, 0.1) is 12.8 Å². The van der Waals surface area contributed by atoms with Crippen molar-refractivity contribution in [1.29, 1.82) is 0 Å². The molecule has 2 atom stereocenters. The third-order valence-corrected chi connectivity index (χ3v) is 4.47. The van der Waals surface area contributed by atoms with Gasteiger partial charge in [-0.25, -0.2) is 4.98 Å². The zero-order valence-electron chi connectivity index (χ0n) is 11.6. The van der Waals surface area contributed by atoms with Crippen LogP contribution in [0.1, 0.15) is 43.7 Å². The van der Waals surface area contributed by atoms with Gasteiger partial charge in [0.2, 0.25) is 0 Å². The molecule has 18 heavy (non-hydrogen) atoms. The normalized spacial score (nSPS) is 24.0. The van der Waals surface area contributed by atoms with E-state index in [4.69, 9.17) is 11.6 Å². The number of aryl methyl sites for hydroxylation is 1. The highest BCUT2D eigenvalue weighted by Gasteiger charge is 2.26. The SMILES string of the molecule is Cc1cc(CCl)cnc1N(C)C1CCCCC1C. The minimum atomic E-state index is 0.539. The van der Waals surface area contributed by atoms with Crippen LogP contribution in [0.5, 0.6) is 0 Å². The lowest BCUT2D eigenvalue weighted by molar-refractivity contribution is 0.320. The zero-order chi connectivity index (χ0) is 13.1. The van der Waals surface area contributed by atoms with Gasteiger partial charge >= 0.3 is 0 Å². The van der Waals surface area contributed by atoms with Crippen molar-refractivity contribution in [1.82, 2.24) is 4.98 Å². The van der Waals surface area contributed by atoms with Gasteiger partial charge in [-0.1, -0.05) is 19.8 Å². The molecule has 0 amide bonds. The molecule has 1 aromatic heterocycles. The van der Waals surface area contributed by atoms with Crippen LogP contribution in [-0.2, 0) is 5.88 Å². The van der Waals surface area contributed by atoms with E-state index < -0.39 is 0 Å². The van der Waals surface area contributed by atoms with Gasteiger partial charge in [0.25, 0.3) is 0 Å². The van der Waals surface area contributed by atoms with Gasteiger partial charge in [0, 0.05) is 25.2 Å². The van der Waals surface area contributed by atoms with E-state index in [1.54, 1.807) is 0 Å². The van der Waals surface area contributed by atoms with Crippen LogP contribution < -0.4 is 4.90 Å². The standard InChI is InChI=1S/C15H23ClN2/c1-11-6-4-5-7-14(11)18(3)15-12(2)8-13(9-16)10-17-15/h8,10-11,14H,4-7,9H2,1-3H3. The summed E-state index contributed by atoms with van der Waals surface area (Å²) in [6, 6.07) is 2.78. The molecule has 0 spiro atoms. The number of hydrogen-bond donors (Lipinski definition) is 0. The summed E-state index contributed by atoms with van der Waals surface area (Å²) in [6.07, 6.45) is 7.25. The van der Waals surface area contributed by atoms with Gasteiger partial charge in [-0.3, -0.25) is 0 Å². The van der Waals surface area contributed by atoms with Crippen molar-refractivity contribution >= 4 is 17.4 Å². The number of hydrogen-bond acceptors (Lipinski definition) is 2. The van der Waals surface area contributed by atoms with Gasteiger partial charge in [-0.05, 0) is 42.9 Å². The van der Waals surface area contributed by atoms with Crippen LogP contribution in [0.2, 0.25) is 0 Å². The lowest BCUT2D eigenvalue weighted by Crippen LogP contribution is -2.39. The Morgan fingerprint density at radius 2 is 2.11 bits per heavy atom. The Morgan fingerprint density at radius 3 is 2.72 bits per heavy atom. The minimum absolute atomic E-state index is 0.539. The molecular weight excluding hydrogens is 244 g/mol. The molecule has 2 nitrogen and oxygen atoms in total. The van der Waals surface area contributed by atoms with Crippen molar-refractivity contribution in [2.24, 2.45) is 5.92 Å². The van der Waals surface area contributed by atoms with Gasteiger partial charge in [0.1, 0.15) is 5.82 Å². The fourth-order valence-corrected chi connectivity index (χ4v) is 3.24.